The highest BCUT2D eigenvalue weighted by atomic mass is 32.1. The molecule has 1 heterocycles. The summed E-state index contributed by atoms with van der Waals surface area (Å²) < 4.78 is 40.5. The third-order valence-electron chi connectivity index (χ3n) is 5.42. The van der Waals surface area contributed by atoms with Crippen LogP contribution in [0.3, 0.4) is 0 Å². The Bertz CT molecular complexity index is 1180. The quantitative estimate of drug-likeness (QED) is 0.299. The van der Waals surface area contributed by atoms with E-state index < -0.39 is 36.3 Å². The molecule has 0 spiro atoms. The van der Waals surface area contributed by atoms with Crippen molar-refractivity contribution >= 4 is 23.4 Å². The van der Waals surface area contributed by atoms with Gasteiger partial charge in [-0.2, -0.15) is 13.2 Å². The second-order valence-corrected chi connectivity index (χ2v) is 9.65. The normalized spacial score (nSPS) is 13.9. The van der Waals surface area contributed by atoms with Crippen LogP contribution in [0.1, 0.15) is 48.6 Å². The first-order valence-electron chi connectivity index (χ1n) is 11.1. The summed E-state index contributed by atoms with van der Waals surface area (Å²) in [4.78, 5) is 12.5. The van der Waals surface area contributed by atoms with Gasteiger partial charge in [0, 0.05) is 21.7 Å². The number of rotatable bonds is 9. The topological polar surface area (TPSA) is 77.8 Å². The molecule has 0 aliphatic carbocycles. The van der Waals surface area contributed by atoms with Crippen molar-refractivity contribution in [3.05, 3.63) is 76.7 Å². The number of aliphatic hydroxyl groups excluding tert-OH is 2. The lowest BCUT2D eigenvalue weighted by atomic mass is 9.93. The van der Waals surface area contributed by atoms with Crippen LogP contribution < -0.4 is 0 Å². The SMILES string of the molecule is CC(C)c1sc(-c2ccccc2)c(-c2cccc(C(F)(F)F)c2)c1/C=C/[C@@H](O)C[C@@H](O)CC(=O)O. The van der Waals surface area contributed by atoms with Crippen LogP contribution in [0.4, 0.5) is 13.2 Å². The first kappa shape index (κ1) is 26.7. The number of hydrogen-bond donors (Lipinski definition) is 3. The van der Waals surface area contributed by atoms with Crippen molar-refractivity contribution in [1.29, 1.82) is 0 Å². The summed E-state index contributed by atoms with van der Waals surface area (Å²) >= 11 is 1.49. The fourth-order valence-electron chi connectivity index (χ4n) is 3.84. The maximum atomic E-state index is 13.5. The van der Waals surface area contributed by atoms with E-state index in [0.717, 1.165) is 27.5 Å². The Kier molecular flexibility index (Phi) is 8.53. The van der Waals surface area contributed by atoms with E-state index in [4.69, 9.17) is 5.11 Å². The molecule has 35 heavy (non-hydrogen) atoms. The molecule has 0 saturated heterocycles. The second-order valence-electron chi connectivity index (χ2n) is 8.60. The number of aliphatic hydroxyl groups is 2. The molecule has 8 heteroatoms. The zero-order valence-corrected chi connectivity index (χ0v) is 20.1. The first-order chi connectivity index (χ1) is 16.5. The molecule has 2 aromatic carbocycles. The number of carboxylic acids is 1. The van der Waals surface area contributed by atoms with Gasteiger partial charge in [0.15, 0.2) is 0 Å². The molecule has 4 nitrogen and oxygen atoms in total. The number of thiophene rings is 1. The molecule has 0 bridgehead atoms. The minimum atomic E-state index is -4.49. The summed E-state index contributed by atoms with van der Waals surface area (Å²) in [5.74, 6) is -1.12. The lowest BCUT2D eigenvalue weighted by Gasteiger charge is -2.13. The van der Waals surface area contributed by atoms with Crippen molar-refractivity contribution in [2.75, 3.05) is 0 Å². The summed E-state index contributed by atoms with van der Waals surface area (Å²) in [5.41, 5.74) is 1.84. The van der Waals surface area contributed by atoms with Crippen molar-refractivity contribution < 1.29 is 33.3 Å². The molecule has 0 unspecified atom stereocenters. The number of hydrogen-bond acceptors (Lipinski definition) is 4. The van der Waals surface area contributed by atoms with E-state index in [1.807, 2.05) is 44.2 Å². The molecule has 0 radical (unpaired) electrons. The molecule has 1 aromatic heterocycles. The average molecular weight is 505 g/mol. The van der Waals surface area contributed by atoms with Crippen molar-refractivity contribution in [3.63, 3.8) is 0 Å². The Morgan fingerprint density at radius 3 is 2.29 bits per heavy atom. The highest BCUT2D eigenvalue weighted by Gasteiger charge is 2.31. The van der Waals surface area contributed by atoms with Gasteiger partial charge in [-0.1, -0.05) is 68.5 Å². The predicted octanol–water partition coefficient (Wildman–Crippen LogP) is 6.82. The second kappa shape index (κ2) is 11.2. The zero-order valence-electron chi connectivity index (χ0n) is 19.3. The molecule has 0 fully saturated rings. The van der Waals surface area contributed by atoms with Crippen molar-refractivity contribution in [1.82, 2.24) is 0 Å². The molecule has 3 N–H and O–H groups in total. The Morgan fingerprint density at radius 1 is 1.03 bits per heavy atom. The minimum Gasteiger partial charge on any atom is -0.481 e. The fourth-order valence-corrected chi connectivity index (χ4v) is 5.16. The molecule has 2 atom stereocenters. The molecule has 0 saturated carbocycles. The van der Waals surface area contributed by atoms with E-state index in [1.54, 1.807) is 12.1 Å². The zero-order chi connectivity index (χ0) is 25.8. The molecular formula is C27H27F3O4S. The van der Waals surface area contributed by atoms with Gasteiger partial charge < -0.3 is 15.3 Å². The fraction of sp³-hybridized carbons (Fsp3) is 0.296. The van der Waals surface area contributed by atoms with Crippen LogP contribution in [-0.2, 0) is 11.0 Å². The lowest BCUT2D eigenvalue weighted by molar-refractivity contribution is -0.139. The highest BCUT2D eigenvalue weighted by molar-refractivity contribution is 7.16. The van der Waals surface area contributed by atoms with E-state index in [2.05, 4.69) is 0 Å². The largest absolute Gasteiger partial charge is 0.481 e. The van der Waals surface area contributed by atoms with Gasteiger partial charge in [0.1, 0.15) is 0 Å². The Hall–Kier alpha value is -2.94. The van der Waals surface area contributed by atoms with Crippen LogP contribution in [0.2, 0.25) is 0 Å². The van der Waals surface area contributed by atoms with Gasteiger partial charge in [0.25, 0.3) is 0 Å². The van der Waals surface area contributed by atoms with E-state index >= 15 is 0 Å². The van der Waals surface area contributed by atoms with Crippen molar-refractivity contribution in [2.24, 2.45) is 0 Å². The summed E-state index contributed by atoms with van der Waals surface area (Å²) in [7, 11) is 0. The van der Waals surface area contributed by atoms with Crippen LogP contribution in [-0.4, -0.2) is 33.5 Å². The monoisotopic (exact) mass is 504 g/mol. The number of halogens is 3. The van der Waals surface area contributed by atoms with Gasteiger partial charge in [-0.3, -0.25) is 4.79 Å². The smallest absolute Gasteiger partial charge is 0.416 e. The van der Waals surface area contributed by atoms with Gasteiger partial charge in [-0.25, -0.2) is 0 Å². The van der Waals surface area contributed by atoms with Crippen LogP contribution >= 0.6 is 11.3 Å². The predicted molar refractivity (Wildman–Crippen MR) is 132 cm³/mol. The average Bonchev–Trinajstić information content (AvgIpc) is 3.17. The molecule has 3 rings (SSSR count). The third-order valence-corrected chi connectivity index (χ3v) is 6.98. The van der Waals surface area contributed by atoms with Gasteiger partial charge in [-0.15, -0.1) is 11.3 Å². The van der Waals surface area contributed by atoms with E-state index in [0.29, 0.717) is 16.7 Å². The van der Waals surface area contributed by atoms with Gasteiger partial charge in [-0.05, 0) is 34.7 Å². The number of carbonyl (C=O) groups is 1. The minimum absolute atomic E-state index is 0.0522. The Morgan fingerprint density at radius 2 is 1.69 bits per heavy atom. The van der Waals surface area contributed by atoms with Crippen LogP contribution in [0.5, 0.6) is 0 Å². The number of carboxylic acid groups (broad SMARTS) is 1. The van der Waals surface area contributed by atoms with E-state index in [1.165, 1.54) is 23.5 Å². The van der Waals surface area contributed by atoms with Gasteiger partial charge in [0.2, 0.25) is 0 Å². The van der Waals surface area contributed by atoms with E-state index in [-0.39, 0.29) is 12.3 Å². The lowest BCUT2D eigenvalue weighted by Crippen LogP contribution is -2.19. The first-order valence-corrected chi connectivity index (χ1v) is 11.9. The van der Waals surface area contributed by atoms with Crippen molar-refractivity contribution in [2.45, 2.75) is 51.0 Å². The summed E-state index contributed by atoms with van der Waals surface area (Å²) in [6.07, 6.45) is -4.40. The molecule has 0 amide bonds. The van der Waals surface area contributed by atoms with Crippen LogP contribution in [0, 0.1) is 0 Å². The van der Waals surface area contributed by atoms with Crippen LogP contribution in [0.15, 0.2) is 60.7 Å². The molecule has 0 aliphatic rings. The Labute approximate surface area is 206 Å². The molecule has 186 valence electrons. The molecule has 3 aromatic rings. The molecule has 0 aliphatic heterocycles. The van der Waals surface area contributed by atoms with E-state index in [9.17, 15) is 28.2 Å². The third kappa shape index (κ3) is 6.81. The van der Waals surface area contributed by atoms with Gasteiger partial charge in [0.05, 0.1) is 24.2 Å². The maximum absolute atomic E-state index is 13.5. The summed E-state index contributed by atoms with van der Waals surface area (Å²) in [6, 6.07) is 14.6. The highest BCUT2D eigenvalue weighted by Crippen LogP contribution is 2.47. The number of benzene rings is 2. The molecular weight excluding hydrogens is 477 g/mol. The maximum Gasteiger partial charge on any atom is 0.416 e. The van der Waals surface area contributed by atoms with Crippen LogP contribution in [0.25, 0.3) is 27.6 Å². The standard InChI is InChI=1S/C27H27F3O4S/c1-16(2)25-22(12-11-20(31)14-21(32)15-23(33)34)24(26(35-25)17-7-4-3-5-8-17)18-9-6-10-19(13-18)27(28,29)30/h3-13,16,20-21,31-32H,14-15H2,1-2H3,(H,33,34)/b12-11+/t20-,21-/m1/s1. The Balaban J connectivity index is 2.15. The summed E-state index contributed by atoms with van der Waals surface area (Å²) in [5, 5.41) is 29.0. The van der Waals surface area contributed by atoms with Crippen molar-refractivity contribution in [3.8, 4) is 21.6 Å². The number of aliphatic carboxylic acids is 1. The van der Waals surface area contributed by atoms with Gasteiger partial charge >= 0.3 is 12.1 Å². The summed E-state index contributed by atoms with van der Waals surface area (Å²) in [6.45, 7) is 3.97. The number of alkyl halides is 3.